The molecule has 0 aliphatic rings. The van der Waals surface area contributed by atoms with Crippen LogP contribution < -0.4 is 11.1 Å². The van der Waals surface area contributed by atoms with E-state index < -0.39 is 11.9 Å². The van der Waals surface area contributed by atoms with Gasteiger partial charge >= 0.3 is 0 Å². The summed E-state index contributed by atoms with van der Waals surface area (Å²) in [4.78, 5) is 23.2. The molecule has 0 aliphatic carbocycles. The van der Waals surface area contributed by atoms with Crippen LogP contribution in [0.1, 0.15) is 44.2 Å². The summed E-state index contributed by atoms with van der Waals surface area (Å²) in [5.74, 6) is -0.738. The maximum atomic E-state index is 11.7. The first kappa shape index (κ1) is 15.5. The predicted molar refractivity (Wildman–Crippen MR) is 75.7 cm³/mol. The van der Waals surface area contributed by atoms with Crippen LogP contribution in [0.4, 0.5) is 0 Å². The molecule has 0 saturated heterocycles. The molecule has 1 rings (SSSR count). The minimum Gasteiger partial charge on any atom is -0.368 e. The molecule has 5 heteroatoms. The fourth-order valence-corrected chi connectivity index (χ4v) is 1.87. The van der Waals surface area contributed by atoms with Crippen molar-refractivity contribution in [2.24, 2.45) is 5.73 Å². The lowest BCUT2D eigenvalue weighted by Crippen LogP contribution is -2.37. The summed E-state index contributed by atoms with van der Waals surface area (Å²) in [5.41, 5.74) is 5.96. The number of halogens is 1. The van der Waals surface area contributed by atoms with Crippen molar-refractivity contribution in [3.8, 4) is 0 Å². The Morgan fingerprint density at radius 2 is 1.89 bits per heavy atom. The summed E-state index contributed by atoms with van der Waals surface area (Å²) < 4.78 is 0. The number of carbonyl (C=O) groups is 2. The number of nitrogens with two attached hydrogens (primary N) is 1. The van der Waals surface area contributed by atoms with Crippen molar-refractivity contribution in [1.29, 1.82) is 0 Å². The molecule has 0 unspecified atom stereocenters. The Balaban J connectivity index is 2.65. The number of amides is 2. The van der Waals surface area contributed by atoms with Crippen LogP contribution in [-0.2, 0) is 9.59 Å². The lowest BCUT2D eigenvalue weighted by atomic mass is 10.1. The largest absolute Gasteiger partial charge is 0.368 e. The fourth-order valence-electron chi connectivity index (χ4n) is 1.74. The topological polar surface area (TPSA) is 72.2 Å². The molecule has 1 aromatic carbocycles. The molecule has 2 amide bonds. The van der Waals surface area contributed by atoms with Crippen molar-refractivity contribution in [2.45, 2.75) is 38.6 Å². The van der Waals surface area contributed by atoms with Gasteiger partial charge in [-0.05, 0) is 24.1 Å². The van der Waals surface area contributed by atoms with Crippen molar-refractivity contribution in [3.63, 3.8) is 0 Å². The minimum atomic E-state index is -0.800. The third-order valence-electron chi connectivity index (χ3n) is 2.80. The predicted octanol–water partition coefficient (Wildman–Crippen LogP) is 2.56. The number of hydrogen-bond donors (Lipinski definition) is 2. The zero-order chi connectivity index (χ0) is 14.3. The normalized spacial score (nSPS) is 11.9. The highest BCUT2D eigenvalue weighted by Crippen LogP contribution is 2.16. The first-order chi connectivity index (χ1) is 9.04. The third-order valence-corrected chi connectivity index (χ3v) is 3.05. The van der Waals surface area contributed by atoms with Gasteiger partial charge in [0.2, 0.25) is 11.8 Å². The van der Waals surface area contributed by atoms with Gasteiger partial charge in [0.15, 0.2) is 0 Å². The molecule has 0 aromatic heterocycles. The van der Waals surface area contributed by atoms with Gasteiger partial charge in [0.05, 0.1) is 0 Å². The molecule has 1 aromatic rings. The number of hydrogen-bond acceptors (Lipinski definition) is 2. The van der Waals surface area contributed by atoms with Gasteiger partial charge in [-0.2, -0.15) is 0 Å². The summed E-state index contributed by atoms with van der Waals surface area (Å²) in [7, 11) is 0. The van der Waals surface area contributed by atoms with Gasteiger partial charge in [-0.3, -0.25) is 9.59 Å². The molecular weight excluding hydrogens is 264 g/mol. The van der Waals surface area contributed by atoms with Crippen molar-refractivity contribution in [1.82, 2.24) is 5.32 Å². The van der Waals surface area contributed by atoms with Crippen LogP contribution in [0.3, 0.4) is 0 Å². The number of nitrogens with one attached hydrogen (secondary N) is 1. The molecule has 0 fully saturated rings. The molecule has 0 aliphatic heterocycles. The Hall–Kier alpha value is -1.55. The second kappa shape index (κ2) is 7.79. The van der Waals surface area contributed by atoms with Gasteiger partial charge in [-0.25, -0.2) is 0 Å². The number of benzene rings is 1. The van der Waals surface area contributed by atoms with E-state index >= 15 is 0 Å². The van der Waals surface area contributed by atoms with Crippen LogP contribution in [-0.4, -0.2) is 11.8 Å². The highest BCUT2D eigenvalue weighted by molar-refractivity contribution is 6.30. The van der Waals surface area contributed by atoms with Gasteiger partial charge in [0.1, 0.15) is 6.04 Å². The second-order valence-corrected chi connectivity index (χ2v) is 4.85. The lowest BCUT2D eigenvalue weighted by Gasteiger charge is -2.16. The summed E-state index contributed by atoms with van der Waals surface area (Å²) >= 11 is 5.78. The van der Waals surface area contributed by atoms with Crippen LogP contribution in [0.5, 0.6) is 0 Å². The summed E-state index contributed by atoms with van der Waals surface area (Å²) in [6.07, 6.45) is 3.26. The molecule has 3 N–H and O–H groups in total. The quantitative estimate of drug-likeness (QED) is 0.755. The number of carbonyl (C=O) groups excluding carboxylic acids is 2. The van der Waals surface area contributed by atoms with E-state index in [4.69, 9.17) is 17.3 Å². The standard InChI is InChI=1S/C14H19ClN2O2/c1-2-3-4-5-12(18)17-13(14(16)19)10-6-8-11(15)9-7-10/h6-9,13H,2-5H2,1H3,(H2,16,19)(H,17,18)/t13-/m1/s1. The Morgan fingerprint density at radius 1 is 1.26 bits per heavy atom. The van der Waals surface area contributed by atoms with Crippen LogP contribution in [0.15, 0.2) is 24.3 Å². The number of primary amides is 1. The summed E-state index contributed by atoms with van der Waals surface area (Å²) in [6.45, 7) is 2.07. The zero-order valence-electron chi connectivity index (χ0n) is 11.0. The summed E-state index contributed by atoms with van der Waals surface area (Å²) in [6, 6.07) is 5.90. The highest BCUT2D eigenvalue weighted by atomic mass is 35.5. The number of rotatable bonds is 7. The van der Waals surface area contributed by atoms with Crippen LogP contribution >= 0.6 is 11.6 Å². The third kappa shape index (κ3) is 5.30. The van der Waals surface area contributed by atoms with E-state index in [-0.39, 0.29) is 5.91 Å². The Bertz CT molecular complexity index is 432. The Kier molecular flexibility index (Phi) is 6.36. The molecule has 19 heavy (non-hydrogen) atoms. The Morgan fingerprint density at radius 3 is 2.42 bits per heavy atom. The average molecular weight is 283 g/mol. The molecule has 0 radical (unpaired) electrons. The van der Waals surface area contributed by atoms with E-state index in [1.165, 1.54) is 0 Å². The second-order valence-electron chi connectivity index (χ2n) is 4.41. The Labute approximate surface area is 118 Å². The van der Waals surface area contributed by atoms with Gasteiger partial charge in [0.25, 0.3) is 0 Å². The molecule has 1 atom stereocenters. The van der Waals surface area contributed by atoms with E-state index in [0.29, 0.717) is 17.0 Å². The molecule has 4 nitrogen and oxygen atoms in total. The zero-order valence-corrected chi connectivity index (χ0v) is 11.7. The SMILES string of the molecule is CCCCCC(=O)N[C@@H](C(N)=O)c1ccc(Cl)cc1. The molecule has 104 valence electrons. The van der Waals surface area contributed by atoms with E-state index in [1.54, 1.807) is 24.3 Å². The molecule has 0 spiro atoms. The van der Waals surface area contributed by atoms with E-state index in [9.17, 15) is 9.59 Å². The van der Waals surface area contributed by atoms with Gasteiger partial charge in [-0.15, -0.1) is 0 Å². The molecule has 0 heterocycles. The monoisotopic (exact) mass is 282 g/mol. The minimum absolute atomic E-state index is 0.160. The van der Waals surface area contributed by atoms with Gasteiger partial charge in [-0.1, -0.05) is 43.5 Å². The van der Waals surface area contributed by atoms with Gasteiger partial charge in [0, 0.05) is 11.4 Å². The van der Waals surface area contributed by atoms with Crippen LogP contribution in [0, 0.1) is 0 Å². The molecule has 0 bridgehead atoms. The smallest absolute Gasteiger partial charge is 0.244 e. The van der Waals surface area contributed by atoms with Crippen molar-refractivity contribution < 1.29 is 9.59 Å². The van der Waals surface area contributed by atoms with E-state index in [0.717, 1.165) is 19.3 Å². The van der Waals surface area contributed by atoms with Crippen molar-refractivity contribution in [3.05, 3.63) is 34.9 Å². The van der Waals surface area contributed by atoms with Crippen molar-refractivity contribution in [2.75, 3.05) is 0 Å². The van der Waals surface area contributed by atoms with Crippen molar-refractivity contribution >= 4 is 23.4 Å². The lowest BCUT2D eigenvalue weighted by molar-refractivity contribution is -0.127. The van der Waals surface area contributed by atoms with Crippen LogP contribution in [0.25, 0.3) is 0 Å². The number of unbranched alkanes of at least 4 members (excludes halogenated alkanes) is 2. The average Bonchev–Trinajstić information content (AvgIpc) is 2.37. The molecular formula is C14H19ClN2O2. The van der Waals surface area contributed by atoms with Crippen LogP contribution in [0.2, 0.25) is 5.02 Å². The van der Waals surface area contributed by atoms with E-state index in [2.05, 4.69) is 12.2 Å². The molecule has 0 saturated carbocycles. The fraction of sp³-hybridized carbons (Fsp3) is 0.429. The van der Waals surface area contributed by atoms with Gasteiger partial charge < -0.3 is 11.1 Å². The first-order valence-electron chi connectivity index (χ1n) is 6.38. The summed E-state index contributed by atoms with van der Waals surface area (Å²) in [5, 5.41) is 3.23. The van der Waals surface area contributed by atoms with E-state index in [1.807, 2.05) is 0 Å². The maximum Gasteiger partial charge on any atom is 0.244 e. The maximum absolute atomic E-state index is 11.7. The first-order valence-corrected chi connectivity index (χ1v) is 6.76. The highest BCUT2D eigenvalue weighted by Gasteiger charge is 2.19.